The first kappa shape index (κ1) is 22.2. The topological polar surface area (TPSA) is 81.7 Å². The molecule has 0 aliphatic heterocycles. The SMILES string of the molecule is CCCCN(CC)Cc1cccc(CNC(=O)NC2CCC(C(=O)O)CC2)c1. The van der Waals surface area contributed by atoms with Gasteiger partial charge in [-0.05, 0) is 56.3 Å². The van der Waals surface area contributed by atoms with Crippen LogP contribution in [0.25, 0.3) is 0 Å². The first-order chi connectivity index (χ1) is 13.5. The molecule has 2 amide bonds. The summed E-state index contributed by atoms with van der Waals surface area (Å²) in [6.07, 6.45) is 5.13. The normalized spacial score (nSPS) is 19.4. The van der Waals surface area contributed by atoms with Gasteiger partial charge in [-0.25, -0.2) is 4.79 Å². The number of unbranched alkanes of at least 4 members (excludes halogenated alkanes) is 1. The second kappa shape index (κ2) is 11.7. The van der Waals surface area contributed by atoms with E-state index in [2.05, 4.69) is 41.5 Å². The zero-order valence-corrected chi connectivity index (χ0v) is 17.2. The fourth-order valence-corrected chi connectivity index (χ4v) is 3.73. The van der Waals surface area contributed by atoms with Gasteiger partial charge in [0.1, 0.15) is 0 Å². The lowest BCUT2D eigenvalue weighted by atomic mass is 9.86. The van der Waals surface area contributed by atoms with Crippen molar-refractivity contribution in [2.45, 2.75) is 71.5 Å². The van der Waals surface area contributed by atoms with Gasteiger partial charge in [-0.15, -0.1) is 0 Å². The summed E-state index contributed by atoms with van der Waals surface area (Å²) in [5.74, 6) is -0.983. The molecule has 1 fully saturated rings. The number of aliphatic carboxylic acids is 1. The highest BCUT2D eigenvalue weighted by Crippen LogP contribution is 2.24. The van der Waals surface area contributed by atoms with Crippen LogP contribution in [0, 0.1) is 5.92 Å². The molecule has 1 aliphatic rings. The molecule has 1 aromatic rings. The summed E-state index contributed by atoms with van der Waals surface area (Å²) >= 11 is 0. The summed E-state index contributed by atoms with van der Waals surface area (Å²) in [6, 6.07) is 8.27. The summed E-state index contributed by atoms with van der Waals surface area (Å²) in [7, 11) is 0. The van der Waals surface area contributed by atoms with Crippen LogP contribution < -0.4 is 10.6 Å². The Morgan fingerprint density at radius 1 is 1.14 bits per heavy atom. The minimum absolute atomic E-state index is 0.0682. The quantitative estimate of drug-likeness (QED) is 0.569. The van der Waals surface area contributed by atoms with Crippen LogP contribution in [0.5, 0.6) is 0 Å². The molecule has 6 heteroatoms. The molecular formula is C22H35N3O3. The van der Waals surface area contributed by atoms with Crippen LogP contribution >= 0.6 is 0 Å². The van der Waals surface area contributed by atoms with Gasteiger partial charge in [0, 0.05) is 19.1 Å². The van der Waals surface area contributed by atoms with E-state index >= 15 is 0 Å². The Hall–Kier alpha value is -2.08. The molecule has 0 atom stereocenters. The minimum Gasteiger partial charge on any atom is -0.481 e. The predicted molar refractivity (Wildman–Crippen MR) is 111 cm³/mol. The Morgan fingerprint density at radius 2 is 1.86 bits per heavy atom. The van der Waals surface area contributed by atoms with Crippen molar-refractivity contribution in [2.24, 2.45) is 5.92 Å². The molecule has 0 aromatic heterocycles. The molecular weight excluding hydrogens is 354 g/mol. The fourth-order valence-electron chi connectivity index (χ4n) is 3.73. The van der Waals surface area contributed by atoms with Crippen LogP contribution in [0.4, 0.5) is 4.79 Å². The molecule has 28 heavy (non-hydrogen) atoms. The first-order valence-corrected chi connectivity index (χ1v) is 10.6. The van der Waals surface area contributed by atoms with Crippen molar-refractivity contribution in [2.75, 3.05) is 13.1 Å². The molecule has 0 unspecified atom stereocenters. The molecule has 1 aromatic carbocycles. The van der Waals surface area contributed by atoms with Crippen LogP contribution in [0.1, 0.15) is 63.5 Å². The minimum atomic E-state index is -0.723. The van der Waals surface area contributed by atoms with Crippen LogP contribution in [-0.2, 0) is 17.9 Å². The van der Waals surface area contributed by atoms with Gasteiger partial charge in [-0.2, -0.15) is 0 Å². The summed E-state index contributed by atoms with van der Waals surface area (Å²) in [5.41, 5.74) is 2.36. The largest absolute Gasteiger partial charge is 0.481 e. The van der Waals surface area contributed by atoms with Gasteiger partial charge in [0.05, 0.1) is 5.92 Å². The Balaban J connectivity index is 1.76. The molecule has 2 rings (SSSR count). The Bertz CT molecular complexity index is 627. The molecule has 0 saturated heterocycles. The van der Waals surface area contributed by atoms with Gasteiger partial charge in [0.2, 0.25) is 0 Å². The highest BCUT2D eigenvalue weighted by atomic mass is 16.4. The van der Waals surface area contributed by atoms with Crippen molar-refractivity contribution in [1.82, 2.24) is 15.5 Å². The van der Waals surface area contributed by atoms with Crippen molar-refractivity contribution in [3.05, 3.63) is 35.4 Å². The average molecular weight is 390 g/mol. The number of amides is 2. The third kappa shape index (κ3) is 7.50. The van der Waals surface area contributed by atoms with E-state index in [1.54, 1.807) is 0 Å². The van der Waals surface area contributed by atoms with Gasteiger partial charge in [0.15, 0.2) is 0 Å². The molecule has 3 N–H and O–H groups in total. The lowest BCUT2D eigenvalue weighted by molar-refractivity contribution is -0.142. The number of nitrogens with one attached hydrogen (secondary N) is 2. The van der Waals surface area contributed by atoms with E-state index in [4.69, 9.17) is 5.11 Å². The number of carbonyl (C=O) groups excluding carboxylic acids is 1. The molecule has 0 bridgehead atoms. The fraction of sp³-hybridized carbons (Fsp3) is 0.636. The number of benzene rings is 1. The molecule has 6 nitrogen and oxygen atoms in total. The van der Waals surface area contributed by atoms with Gasteiger partial charge in [0.25, 0.3) is 0 Å². The maximum atomic E-state index is 12.2. The number of hydrogen-bond donors (Lipinski definition) is 3. The van der Waals surface area contributed by atoms with Crippen molar-refractivity contribution in [3.8, 4) is 0 Å². The Kier molecular flexibility index (Phi) is 9.28. The number of carboxylic acids is 1. The molecule has 0 spiro atoms. The smallest absolute Gasteiger partial charge is 0.315 e. The summed E-state index contributed by atoms with van der Waals surface area (Å²) in [5, 5.41) is 15.0. The van der Waals surface area contributed by atoms with E-state index in [1.807, 2.05) is 12.1 Å². The molecule has 1 aliphatic carbocycles. The molecule has 0 heterocycles. The van der Waals surface area contributed by atoms with Crippen molar-refractivity contribution in [3.63, 3.8) is 0 Å². The lowest BCUT2D eigenvalue weighted by Crippen LogP contribution is -2.43. The van der Waals surface area contributed by atoms with Gasteiger partial charge in [-0.1, -0.05) is 44.5 Å². The second-order valence-corrected chi connectivity index (χ2v) is 7.76. The summed E-state index contributed by atoms with van der Waals surface area (Å²) < 4.78 is 0. The van der Waals surface area contributed by atoms with Crippen LogP contribution in [-0.4, -0.2) is 41.1 Å². The van der Waals surface area contributed by atoms with E-state index in [0.717, 1.165) is 38.0 Å². The highest BCUT2D eigenvalue weighted by molar-refractivity contribution is 5.74. The van der Waals surface area contributed by atoms with E-state index in [-0.39, 0.29) is 18.0 Å². The maximum Gasteiger partial charge on any atom is 0.315 e. The van der Waals surface area contributed by atoms with Crippen LogP contribution in [0.2, 0.25) is 0 Å². The number of rotatable bonds is 10. The highest BCUT2D eigenvalue weighted by Gasteiger charge is 2.26. The van der Waals surface area contributed by atoms with Crippen LogP contribution in [0.3, 0.4) is 0 Å². The van der Waals surface area contributed by atoms with Crippen molar-refractivity contribution < 1.29 is 14.7 Å². The number of carboxylic acid groups (broad SMARTS) is 1. The Morgan fingerprint density at radius 3 is 2.50 bits per heavy atom. The van der Waals surface area contributed by atoms with Gasteiger partial charge >= 0.3 is 12.0 Å². The monoisotopic (exact) mass is 389 g/mol. The van der Waals surface area contributed by atoms with E-state index in [0.29, 0.717) is 19.4 Å². The predicted octanol–water partition coefficient (Wildman–Crippen LogP) is 3.75. The first-order valence-electron chi connectivity index (χ1n) is 10.6. The second-order valence-electron chi connectivity index (χ2n) is 7.76. The zero-order valence-electron chi connectivity index (χ0n) is 17.2. The van der Waals surface area contributed by atoms with Gasteiger partial charge < -0.3 is 15.7 Å². The maximum absolute atomic E-state index is 12.2. The third-order valence-corrected chi connectivity index (χ3v) is 5.54. The number of carbonyl (C=O) groups is 2. The van der Waals surface area contributed by atoms with Gasteiger partial charge in [-0.3, -0.25) is 9.69 Å². The lowest BCUT2D eigenvalue weighted by Gasteiger charge is -2.26. The molecule has 156 valence electrons. The van der Waals surface area contributed by atoms with Crippen molar-refractivity contribution in [1.29, 1.82) is 0 Å². The third-order valence-electron chi connectivity index (χ3n) is 5.54. The summed E-state index contributed by atoms with van der Waals surface area (Å²) in [6.45, 7) is 7.98. The molecule has 1 saturated carbocycles. The molecule has 0 radical (unpaired) electrons. The standard InChI is InChI=1S/C22H35N3O3/c1-3-5-13-25(4-2)16-18-8-6-7-17(14-18)15-23-22(28)24-20-11-9-19(10-12-20)21(26)27/h6-8,14,19-20H,3-5,9-13,15-16H2,1-2H3,(H,26,27)(H2,23,24,28). The van der Waals surface area contributed by atoms with Crippen molar-refractivity contribution >= 4 is 12.0 Å². The average Bonchev–Trinajstić information content (AvgIpc) is 2.70. The summed E-state index contributed by atoms with van der Waals surface area (Å²) in [4.78, 5) is 25.6. The zero-order chi connectivity index (χ0) is 20.4. The van der Waals surface area contributed by atoms with Crippen LogP contribution in [0.15, 0.2) is 24.3 Å². The van der Waals surface area contributed by atoms with E-state index < -0.39 is 5.97 Å². The number of nitrogens with zero attached hydrogens (tertiary/aromatic N) is 1. The Labute approximate surface area is 168 Å². The van der Waals surface area contributed by atoms with E-state index in [1.165, 1.54) is 18.4 Å². The number of hydrogen-bond acceptors (Lipinski definition) is 3. The number of urea groups is 1. The van der Waals surface area contributed by atoms with E-state index in [9.17, 15) is 9.59 Å².